The van der Waals surface area contributed by atoms with E-state index in [9.17, 15) is 21.6 Å². The largest absolute Gasteiger partial charge is 0.390 e. The molecule has 0 aromatic heterocycles. The van der Waals surface area contributed by atoms with Gasteiger partial charge in [0.25, 0.3) is 0 Å². The van der Waals surface area contributed by atoms with Crippen molar-refractivity contribution in [3.05, 3.63) is 101 Å². The topological polar surface area (TPSA) is 59.0 Å². The second-order valence-corrected chi connectivity index (χ2v) is 9.76. The first-order valence-electron chi connectivity index (χ1n) is 10.2. The zero-order chi connectivity index (χ0) is 23.6. The number of halogens is 3. The van der Waals surface area contributed by atoms with Gasteiger partial charge in [0.15, 0.2) is 0 Å². The van der Waals surface area contributed by atoms with Gasteiger partial charge < -0.3 is 4.84 Å². The van der Waals surface area contributed by atoms with E-state index < -0.39 is 33.6 Å². The molecule has 9 heteroatoms. The van der Waals surface area contributed by atoms with Crippen LogP contribution in [-0.2, 0) is 21.4 Å². The van der Waals surface area contributed by atoms with Crippen molar-refractivity contribution in [3.8, 4) is 0 Å². The molecule has 4 rings (SSSR count). The van der Waals surface area contributed by atoms with E-state index in [1.54, 1.807) is 0 Å². The maximum absolute atomic E-state index is 14.3. The zero-order valence-electron chi connectivity index (χ0n) is 17.7. The summed E-state index contributed by atoms with van der Waals surface area (Å²) in [7, 11) is -4.14. The van der Waals surface area contributed by atoms with Crippen LogP contribution in [0.25, 0.3) is 0 Å². The lowest BCUT2D eigenvalue weighted by Crippen LogP contribution is -2.37. The van der Waals surface area contributed by atoms with Gasteiger partial charge in [-0.25, -0.2) is 21.6 Å². The minimum Gasteiger partial charge on any atom is -0.390 e. The Labute approximate surface area is 190 Å². The van der Waals surface area contributed by atoms with Gasteiger partial charge in [-0.1, -0.05) is 41.1 Å². The van der Waals surface area contributed by atoms with Gasteiger partial charge in [0.05, 0.1) is 17.2 Å². The molecule has 33 heavy (non-hydrogen) atoms. The standard InChI is InChI=1S/C24H21F3N2O3S/c1-16-2-4-17(5-3-16)24-13-21(32-28-24)15-29(14-18-6-7-20(26)12-23(18)27)33(30,31)22-10-8-19(25)9-11-22/h2-12,21H,13-15H2,1H3. The van der Waals surface area contributed by atoms with E-state index in [0.29, 0.717) is 18.2 Å². The van der Waals surface area contributed by atoms with E-state index in [1.165, 1.54) is 6.07 Å². The first-order valence-corrected chi connectivity index (χ1v) is 11.7. The SMILES string of the molecule is Cc1ccc(C2=NOC(CN(Cc3ccc(F)cc3F)S(=O)(=O)c3ccc(F)cc3)C2)cc1. The quantitative estimate of drug-likeness (QED) is 0.495. The van der Waals surface area contributed by atoms with E-state index in [0.717, 1.165) is 45.8 Å². The number of benzene rings is 3. The molecule has 3 aromatic carbocycles. The first-order chi connectivity index (χ1) is 15.7. The summed E-state index contributed by atoms with van der Waals surface area (Å²) in [5, 5.41) is 4.09. The number of sulfonamides is 1. The van der Waals surface area contributed by atoms with E-state index in [4.69, 9.17) is 4.84 Å². The van der Waals surface area contributed by atoms with Crippen LogP contribution >= 0.6 is 0 Å². The fraction of sp³-hybridized carbons (Fsp3) is 0.208. The highest BCUT2D eigenvalue weighted by atomic mass is 32.2. The van der Waals surface area contributed by atoms with Gasteiger partial charge in [0, 0.05) is 24.6 Å². The van der Waals surface area contributed by atoms with Crippen LogP contribution in [0.1, 0.15) is 23.1 Å². The highest BCUT2D eigenvalue weighted by Gasteiger charge is 2.32. The number of hydrogen-bond acceptors (Lipinski definition) is 4. The fourth-order valence-electron chi connectivity index (χ4n) is 3.51. The molecule has 0 saturated carbocycles. The average molecular weight is 475 g/mol. The molecule has 0 radical (unpaired) electrons. The predicted molar refractivity (Wildman–Crippen MR) is 118 cm³/mol. The zero-order valence-corrected chi connectivity index (χ0v) is 18.5. The van der Waals surface area contributed by atoms with E-state index in [1.807, 2.05) is 31.2 Å². The Hall–Kier alpha value is -3.17. The van der Waals surface area contributed by atoms with E-state index in [-0.39, 0.29) is 23.5 Å². The van der Waals surface area contributed by atoms with Crippen molar-refractivity contribution in [2.75, 3.05) is 6.54 Å². The lowest BCUT2D eigenvalue weighted by molar-refractivity contribution is 0.0692. The Kier molecular flexibility index (Phi) is 6.53. The number of oxime groups is 1. The summed E-state index contributed by atoms with van der Waals surface area (Å²) in [5.74, 6) is -2.21. The van der Waals surface area contributed by atoms with Gasteiger partial charge >= 0.3 is 0 Å². The minimum absolute atomic E-state index is 0.000222. The lowest BCUT2D eigenvalue weighted by Gasteiger charge is -2.24. The number of rotatable bonds is 7. The van der Waals surface area contributed by atoms with E-state index >= 15 is 0 Å². The molecule has 1 aliphatic heterocycles. The van der Waals surface area contributed by atoms with Gasteiger partial charge in [-0.2, -0.15) is 4.31 Å². The van der Waals surface area contributed by atoms with Gasteiger partial charge in [0.1, 0.15) is 23.6 Å². The third kappa shape index (κ3) is 5.26. The van der Waals surface area contributed by atoms with Crippen molar-refractivity contribution in [2.24, 2.45) is 5.16 Å². The molecular weight excluding hydrogens is 453 g/mol. The maximum atomic E-state index is 14.3. The van der Waals surface area contributed by atoms with Crippen molar-refractivity contribution in [1.82, 2.24) is 4.31 Å². The smallest absolute Gasteiger partial charge is 0.243 e. The Morgan fingerprint density at radius 1 is 0.970 bits per heavy atom. The second-order valence-electron chi connectivity index (χ2n) is 7.82. The van der Waals surface area contributed by atoms with Crippen LogP contribution in [0.2, 0.25) is 0 Å². The number of nitrogens with zero attached hydrogens (tertiary/aromatic N) is 2. The molecule has 1 atom stereocenters. The Morgan fingerprint density at radius 2 is 1.64 bits per heavy atom. The molecule has 0 saturated heterocycles. The highest BCUT2D eigenvalue weighted by Crippen LogP contribution is 2.25. The monoisotopic (exact) mass is 474 g/mol. The lowest BCUT2D eigenvalue weighted by atomic mass is 10.0. The molecule has 0 spiro atoms. The molecule has 1 unspecified atom stereocenters. The third-order valence-corrected chi connectivity index (χ3v) is 7.16. The summed E-state index contributed by atoms with van der Waals surface area (Å²) in [4.78, 5) is 5.34. The molecule has 0 aliphatic carbocycles. The summed E-state index contributed by atoms with van der Waals surface area (Å²) in [6.07, 6.45) is -0.259. The predicted octanol–water partition coefficient (Wildman–Crippen LogP) is 4.80. The summed E-state index contributed by atoms with van der Waals surface area (Å²) in [6.45, 7) is 1.48. The van der Waals surface area contributed by atoms with Gasteiger partial charge in [0.2, 0.25) is 10.0 Å². The van der Waals surface area contributed by atoms with E-state index in [2.05, 4.69) is 5.16 Å². The minimum atomic E-state index is -4.14. The molecule has 1 aliphatic rings. The normalized spacial score (nSPS) is 16.0. The molecule has 0 amide bonds. The third-order valence-electron chi connectivity index (χ3n) is 5.34. The highest BCUT2D eigenvalue weighted by molar-refractivity contribution is 7.89. The summed E-state index contributed by atoms with van der Waals surface area (Å²) >= 11 is 0. The van der Waals surface area contributed by atoms with Crippen molar-refractivity contribution in [1.29, 1.82) is 0 Å². The number of hydrogen-bond donors (Lipinski definition) is 0. The van der Waals surface area contributed by atoms with Crippen molar-refractivity contribution < 1.29 is 26.4 Å². The van der Waals surface area contributed by atoms with Crippen LogP contribution in [0.5, 0.6) is 0 Å². The van der Waals surface area contributed by atoms with Crippen LogP contribution in [0.15, 0.2) is 76.8 Å². The summed E-state index contributed by atoms with van der Waals surface area (Å²) in [6, 6.07) is 15.0. The van der Waals surface area contributed by atoms with Crippen molar-refractivity contribution in [2.45, 2.75) is 30.9 Å². The van der Waals surface area contributed by atoms with Crippen LogP contribution in [0.3, 0.4) is 0 Å². The number of aryl methyl sites for hydroxylation is 1. The van der Waals surface area contributed by atoms with Gasteiger partial charge in [-0.3, -0.25) is 0 Å². The first kappa shape index (κ1) is 23.0. The Morgan fingerprint density at radius 3 is 2.30 bits per heavy atom. The maximum Gasteiger partial charge on any atom is 0.243 e. The van der Waals surface area contributed by atoms with Crippen molar-refractivity contribution >= 4 is 15.7 Å². The molecule has 0 N–H and O–H groups in total. The van der Waals surface area contributed by atoms with Crippen LogP contribution in [0, 0.1) is 24.4 Å². The Bertz CT molecular complexity index is 1280. The van der Waals surface area contributed by atoms with Gasteiger partial charge in [-0.15, -0.1) is 0 Å². The second kappa shape index (κ2) is 9.36. The molecular formula is C24H21F3N2O3S. The molecule has 0 fully saturated rings. The molecule has 1 heterocycles. The van der Waals surface area contributed by atoms with Crippen LogP contribution < -0.4 is 0 Å². The van der Waals surface area contributed by atoms with Crippen LogP contribution in [0.4, 0.5) is 13.2 Å². The van der Waals surface area contributed by atoms with Crippen LogP contribution in [-0.4, -0.2) is 31.1 Å². The summed E-state index contributed by atoms with van der Waals surface area (Å²) in [5.41, 5.74) is 2.63. The molecule has 3 aromatic rings. The van der Waals surface area contributed by atoms with Crippen molar-refractivity contribution in [3.63, 3.8) is 0 Å². The Balaban J connectivity index is 1.59. The molecule has 5 nitrogen and oxygen atoms in total. The van der Waals surface area contributed by atoms with Gasteiger partial charge in [-0.05, 0) is 42.8 Å². The fourth-order valence-corrected chi connectivity index (χ4v) is 4.96. The molecule has 172 valence electrons. The molecule has 0 bridgehead atoms. The summed E-state index contributed by atoms with van der Waals surface area (Å²) < 4.78 is 68.7. The average Bonchev–Trinajstić information content (AvgIpc) is 3.24.